The number of thiazole rings is 1. The van der Waals surface area contributed by atoms with E-state index in [9.17, 15) is 0 Å². The van der Waals surface area contributed by atoms with Gasteiger partial charge in [0.2, 0.25) is 0 Å². The molecule has 1 unspecified atom stereocenters. The fourth-order valence-electron chi connectivity index (χ4n) is 2.62. The molecule has 0 aliphatic heterocycles. The number of nitrogens with one attached hydrogen (secondary N) is 1. The number of rotatable bonds is 5. The van der Waals surface area contributed by atoms with Crippen LogP contribution in [0.15, 0.2) is 17.5 Å². The summed E-state index contributed by atoms with van der Waals surface area (Å²) in [6.45, 7) is 3.32. The first kappa shape index (κ1) is 13.3. The maximum absolute atomic E-state index is 4.92. The van der Waals surface area contributed by atoms with Gasteiger partial charge in [-0.3, -0.25) is 0 Å². The zero-order chi connectivity index (χ0) is 13.1. The van der Waals surface area contributed by atoms with Crippen molar-refractivity contribution >= 4 is 22.7 Å². The summed E-state index contributed by atoms with van der Waals surface area (Å²) in [5.41, 5.74) is 1.34. The predicted molar refractivity (Wildman–Crippen MR) is 83.2 cm³/mol. The van der Waals surface area contributed by atoms with Gasteiger partial charge in [0.1, 0.15) is 0 Å². The minimum atomic E-state index is 0.497. The monoisotopic (exact) mass is 292 g/mol. The lowest BCUT2D eigenvalue weighted by Crippen LogP contribution is -2.25. The van der Waals surface area contributed by atoms with Crippen LogP contribution in [-0.2, 0) is 12.8 Å². The average Bonchev–Trinajstić information content (AvgIpc) is 3.05. The molecule has 2 aromatic rings. The van der Waals surface area contributed by atoms with Gasteiger partial charge in [-0.1, -0.05) is 13.0 Å². The molecule has 0 fully saturated rings. The highest BCUT2D eigenvalue weighted by Crippen LogP contribution is 2.34. The van der Waals surface area contributed by atoms with Gasteiger partial charge >= 0.3 is 0 Å². The second-order valence-electron chi connectivity index (χ2n) is 5.07. The second kappa shape index (κ2) is 6.16. The van der Waals surface area contributed by atoms with Crippen molar-refractivity contribution < 1.29 is 0 Å². The van der Waals surface area contributed by atoms with Gasteiger partial charge in [0.25, 0.3) is 0 Å². The number of aromatic nitrogens is 1. The average molecular weight is 292 g/mol. The van der Waals surface area contributed by atoms with Crippen molar-refractivity contribution in [2.75, 3.05) is 6.54 Å². The Labute approximate surface area is 122 Å². The number of fused-ring (bicyclic) bond motifs is 1. The molecule has 1 aliphatic rings. The zero-order valence-electron chi connectivity index (χ0n) is 11.3. The molecule has 2 heterocycles. The summed E-state index contributed by atoms with van der Waals surface area (Å²) in [5.74, 6) is 0. The molecule has 19 heavy (non-hydrogen) atoms. The van der Waals surface area contributed by atoms with Gasteiger partial charge in [0.15, 0.2) is 0 Å². The quantitative estimate of drug-likeness (QED) is 0.894. The van der Waals surface area contributed by atoms with E-state index in [1.807, 2.05) is 22.7 Å². The maximum Gasteiger partial charge on any atom is 0.0983 e. The molecule has 0 radical (unpaired) electrons. The molecule has 0 aromatic carbocycles. The molecular weight excluding hydrogens is 272 g/mol. The van der Waals surface area contributed by atoms with Crippen LogP contribution in [0, 0.1) is 0 Å². The van der Waals surface area contributed by atoms with Crippen LogP contribution in [-0.4, -0.2) is 11.5 Å². The summed E-state index contributed by atoms with van der Waals surface area (Å²) in [6, 6.07) is 4.83. The van der Waals surface area contributed by atoms with Crippen LogP contribution in [0.25, 0.3) is 0 Å². The highest BCUT2D eigenvalue weighted by atomic mass is 32.1. The Balaban J connectivity index is 1.77. The van der Waals surface area contributed by atoms with E-state index in [-0.39, 0.29) is 0 Å². The third-order valence-electron chi connectivity index (χ3n) is 3.54. The van der Waals surface area contributed by atoms with E-state index < -0.39 is 0 Å². The number of hydrogen-bond donors (Lipinski definition) is 1. The van der Waals surface area contributed by atoms with Crippen molar-refractivity contribution in [1.29, 1.82) is 0 Å². The topological polar surface area (TPSA) is 24.9 Å². The van der Waals surface area contributed by atoms with Gasteiger partial charge in [-0.25, -0.2) is 4.98 Å². The lowest BCUT2D eigenvalue weighted by molar-refractivity contribution is 0.454. The lowest BCUT2D eigenvalue weighted by Gasteiger charge is -2.22. The van der Waals surface area contributed by atoms with Gasteiger partial charge < -0.3 is 5.32 Å². The fourth-order valence-corrected chi connectivity index (χ4v) is 4.62. The lowest BCUT2D eigenvalue weighted by atomic mass is 9.97. The summed E-state index contributed by atoms with van der Waals surface area (Å²) in [4.78, 5) is 7.86. The van der Waals surface area contributed by atoms with Gasteiger partial charge in [-0.05, 0) is 43.7 Å². The normalized spacial score (nSPS) is 18.5. The van der Waals surface area contributed by atoms with Crippen LogP contribution in [0.1, 0.15) is 52.7 Å². The third-order valence-corrected chi connectivity index (χ3v) is 5.55. The molecule has 102 valence electrons. The van der Waals surface area contributed by atoms with E-state index in [1.165, 1.54) is 46.1 Å². The van der Waals surface area contributed by atoms with Crippen LogP contribution in [0.2, 0.25) is 0 Å². The molecule has 1 atom stereocenters. The first-order valence-corrected chi connectivity index (χ1v) is 8.80. The zero-order valence-corrected chi connectivity index (χ0v) is 12.9. The largest absolute Gasteiger partial charge is 0.309 e. The first-order chi connectivity index (χ1) is 9.36. The Hall–Kier alpha value is -0.710. The highest BCUT2D eigenvalue weighted by Gasteiger charge is 2.24. The Bertz CT molecular complexity index is 516. The summed E-state index contributed by atoms with van der Waals surface area (Å²) in [5, 5.41) is 7.08. The van der Waals surface area contributed by atoms with Gasteiger partial charge in [-0.15, -0.1) is 22.7 Å². The van der Waals surface area contributed by atoms with Crippen molar-refractivity contribution in [2.24, 2.45) is 0 Å². The minimum absolute atomic E-state index is 0.497. The first-order valence-electron chi connectivity index (χ1n) is 7.11. The predicted octanol–water partition coefficient (Wildman–Crippen LogP) is 4.17. The number of nitrogens with zero attached hydrogens (tertiary/aromatic N) is 1. The van der Waals surface area contributed by atoms with E-state index in [2.05, 4.69) is 29.8 Å². The molecule has 0 saturated carbocycles. The van der Waals surface area contributed by atoms with Crippen molar-refractivity contribution in [2.45, 2.75) is 45.1 Å². The van der Waals surface area contributed by atoms with E-state index in [0.29, 0.717) is 6.04 Å². The molecule has 3 rings (SSSR count). The molecule has 2 aromatic heterocycles. The Kier molecular flexibility index (Phi) is 4.31. The van der Waals surface area contributed by atoms with Crippen molar-refractivity contribution in [3.05, 3.63) is 38.0 Å². The van der Waals surface area contributed by atoms with Crippen molar-refractivity contribution in [3.63, 3.8) is 0 Å². The molecule has 0 amide bonds. The van der Waals surface area contributed by atoms with E-state index in [0.717, 1.165) is 13.0 Å². The number of thiophene rings is 1. The van der Waals surface area contributed by atoms with Gasteiger partial charge in [-0.2, -0.15) is 0 Å². The van der Waals surface area contributed by atoms with Crippen LogP contribution in [0.4, 0.5) is 0 Å². The molecule has 4 heteroatoms. The second-order valence-corrected chi connectivity index (χ2v) is 7.27. The van der Waals surface area contributed by atoms with Crippen molar-refractivity contribution in [3.8, 4) is 0 Å². The van der Waals surface area contributed by atoms with E-state index >= 15 is 0 Å². The maximum atomic E-state index is 4.92. The summed E-state index contributed by atoms with van der Waals surface area (Å²) in [7, 11) is 0. The van der Waals surface area contributed by atoms with Gasteiger partial charge in [0.05, 0.1) is 16.7 Å². The number of aryl methyl sites for hydroxylation is 1. The standard InChI is InChI=1S/C15H20N2S2/c1-2-8-16-12-6-3-7-13-15(12)17-14(19-13)10-11-5-4-9-18-11/h4-5,9,12,16H,2-3,6-8,10H2,1H3. The summed E-state index contributed by atoms with van der Waals surface area (Å²) in [6.07, 6.45) is 5.97. The fraction of sp³-hybridized carbons (Fsp3) is 0.533. The van der Waals surface area contributed by atoms with Crippen LogP contribution < -0.4 is 5.32 Å². The SMILES string of the molecule is CCCNC1CCCc2sc(Cc3cccs3)nc21. The number of hydrogen-bond acceptors (Lipinski definition) is 4. The van der Waals surface area contributed by atoms with Gasteiger partial charge in [0, 0.05) is 16.2 Å². The third kappa shape index (κ3) is 3.07. The highest BCUT2D eigenvalue weighted by molar-refractivity contribution is 7.12. The van der Waals surface area contributed by atoms with Crippen LogP contribution >= 0.6 is 22.7 Å². The molecular formula is C15H20N2S2. The summed E-state index contributed by atoms with van der Waals surface area (Å²) < 4.78 is 0. The van der Waals surface area contributed by atoms with Crippen LogP contribution in [0.3, 0.4) is 0 Å². The molecule has 1 aliphatic carbocycles. The molecule has 0 bridgehead atoms. The molecule has 1 N–H and O–H groups in total. The molecule has 0 saturated heterocycles. The van der Waals surface area contributed by atoms with E-state index in [4.69, 9.17) is 4.98 Å². The Morgan fingerprint density at radius 2 is 2.42 bits per heavy atom. The minimum Gasteiger partial charge on any atom is -0.309 e. The Morgan fingerprint density at radius 1 is 1.47 bits per heavy atom. The smallest absolute Gasteiger partial charge is 0.0983 e. The summed E-state index contributed by atoms with van der Waals surface area (Å²) >= 11 is 3.76. The Morgan fingerprint density at radius 3 is 3.21 bits per heavy atom. The molecule has 0 spiro atoms. The van der Waals surface area contributed by atoms with Crippen LogP contribution in [0.5, 0.6) is 0 Å². The van der Waals surface area contributed by atoms with E-state index in [1.54, 1.807) is 0 Å². The van der Waals surface area contributed by atoms with Crippen molar-refractivity contribution in [1.82, 2.24) is 10.3 Å². The molecule has 2 nitrogen and oxygen atoms in total.